The molecular formula is C13H14IN3O2. The largest absolute Gasteiger partial charge is 1.00 e. The Bertz CT molecular complexity index is 635. The van der Waals surface area contributed by atoms with Gasteiger partial charge in [-0.2, -0.15) is 0 Å². The van der Waals surface area contributed by atoms with Crippen LogP contribution in [0.15, 0.2) is 41.6 Å². The van der Waals surface area contributed by atoms with Crippen molar-refractivity contribution in [2.45, 2.75) is 6.92 Å². The van der Waals surface area contributed by atoms with Gasteiger partial charge in [0.05, 0.1) is 0 Å². The number of carbonyl (C=O) groups excluding carboxylic acids is 1. The number of hydrogen-bond acceptors (Lipinski definition) is 2. The molecule has 0 atom stereocenters. The van der Waals surface area contributed by atoms with Crippen LogP contribution in [0.3, 0.4) is 0 Å². The highest BCUT2D eigenvalue weighted by molar-refractivity contribution is 5.89. The summed E-state index contributed by atoms with van der Waals surface area (Å²) in [5.74, 6) is -0.267. The van der Waals surface area contributed by atoms with Crippen molar-refractivity contribution in [1.29, 1.82) is 0 Å². The summed E-state index contributed by atoms with van der Waals surface area (Å²) in [5, 5.41) is 2.51. The number of pyridine rings is 2. The van der Waals surface area contributed by atoms with Gasteiger partial charge in [0.1, 0.15) is 12.7 Å². The number of H-pyrrole nitrogens is 1. The maximum atomic E-state index is 11.5. The summed E-state index contributed by atoms with van der Waals surface area (Å²) < 4.78 is 1.92. The Kier molecular flexibility index (Phi) is 5.22. The molecule has 0 radical (unpaired) electrons. The summed E-state index contributed by atoms with van der Waals surface area (Å²) >= 11 is 0. The lowest BCUT2D eigenvalue weighted by molar-refractivity contribution is -0.671. The fraction of sp³-hybridized carbons (Fsp3) is 0.154. The van der Waals surface area contributed by atoms with Gasteiger partial charge in [0.15, 0.2) is 12.4 Å². The van der Waals surface area contributed by atoms with Crippen LogP contribution in [0.2, 0.25) is 0 Å². The van der Waals surface area contributed by atoms with Gasteiger partial charge in [0.25, 0.3) is 5.56 Å². The topological polar surface area (TPSA) is 65.8 Å². The van der Waals surface area contributed by atoms with E-state index in [9.17, 15) is 9.59 Å². The fourth-order valence-corrected chi connectivity index (χ4v) is 1.63. The van der Waals surface area contributed by atoms with Crippen LogP contribution < -0.4 is 39.4 Å². The molecular weight excluding hydrogens is 357 g/mol. The second-order valence-corrected chi connectivity index (χ2v) is 4.06. The van der Waals surface area contributed by atoms with Crippen LogP contribution >= 0.6 is 0 Å². The first-order chi connectivity index (χ1) is 8.56. The molecule has 0 aromatic carbocycles. The lowest BCUT2D eigenvalue weighted by atomic mass is 10.1. The van der Waals surface area contributed by atoms with Crippen LogP contribution in [-0.4, -0.2) is 10.9 Å². The Morgan fingerprint density at radius 3 is 2.47 bits per heavy atom. The molecule has 0 aliphatic carbocycles. The molecule has 19 heavy (non-hydrogen) atoms. The van der Waals surface area contributed by atoms with E-state index in [4.69, 9.17) is 0 Å². The zero-order valence-corrected chi connectivity index (χ0v) is 12.8. The molecule has 0 aliphatic heterocycles. The Labute approximate surface area is 127 Å². The molecule has 1 amide bonds. The van der Waals surface area contributed by atoms with Crippen LogP contribution in [0.25, 0.3) is 11.1 Å². The molecule has 0 saturated heterocycles. The Morgan fingerprint density at radius 1 is 1.26 bits per heavy atom. The minimum atomic E-state index is -0.310. The lowest BCUT2D eigenvalue weighted by Crippen LogP contribution is -3.00. The van der Waals surface area contributed by atoms with E-state index >= 15 is 0 Å². The molecule has 0 fully saturated rings. The summed E-state index contributed by atoms with van der Waals surface area (Å²) in [4.78, 5) is 25.1. The zero-order chi connectivity index (χ0) is 13.1. The first-order valence-electron chi connectivity index (χ1n) is 5.52. The van der Waals surface area contributed by atoms with Crippen molar-refractivity contribution < 1.29 is 33.3 Å². The van der Waals surface area contributed by atoms with Crippen molar-refractivity contribution in [2.75, 3.05) is 5.32 Å². The predicted octanol–water partition coefficient (Wildman–Crippen LogP) is -2.17. The zero-order valence-electron chi connectivity index (χ0n) is 10.6. The molecule has 2 N–H and O–H groups in total. The van der Waals surface area contributed by atoms with Crippen molar-refractivity contribution in [3.63, 3.8) is 0 Å². The van der Waals surface area contributed by atoms with Gasteiger partial charge in [-0.05, 0) is 11.6 Å². The van der Waals surface area contributed by atoms with Gasteiger partial charge in [0, 0.05) is 30.8 Å². The molecule has 2 aromatic heterocycles. The average Bonchev–Trinajstić information content (AvgIpc) is 2.32. The third-order valence-electron chi connectivity index (χ3n) is 2.53. The van der Waals surface area contributed by atoms with Crippen molar-refractivity contribution in [1.82, 2.24) is 4.98 Å². The van der Waals surface area contributed by atoms with Gasteiger partial charge >= 0.3 is 0 Å². The van der Waals surface area contributed by atoms with Crippen LogP contribution in [0, 0.1) is 0 Å². The van der Waals surface area contributed by atoms with Gasteiger partial charge in [-0.25, -0.2) is 4.57 Å². The third-order valence-corrected chi connectivity index (χ3v) is 2.53. The van der Waals surface area contributed by atoms with Gasteiger partial charge < -0.3 is 34.3 Å². The number of hydrogen-bond donors (Lipinski definition) is 2. The number of amides is 1. The van der Waals surface area contributed by atoms with Crippen molar-refractivity contribution >= 4 is 11.6 Å². The van der Waals surface area contributed by atoms with Crippen LogP contribution in [0.5, 0.6) is 0 Å². The number of nitrogens with one attached hydrogen (secondary N) is 2. The average molecular weight is 371 g/mol. The standard InChI is InChI=1S/C13H13N3O2.HI/c1-9(17)15-12-7-11(8-14-13(12)18)10-3-5-16(2)6-4-10;/h3-8H,1-2H3,(H,15,17);1H. The molecule has 0 spiro atoms. The maximum absolute atomic E-state index is 11.5. The van der Waals surface area contributed by atoms with E-state index < -0.39 is 0 Å². The van der Waals surface area contributed by atoms with E-state index in [-0.39, 0.29) is 41.1 Å². The third kappa shape index (κ3) is 3.88. The number of nitrogens with zero attached hydrogens (tertiary/aromatic N) is 1. The van der Waals surface area contributed by atoms with E-state index in [1.54, 1.807) is 12.3 Å². The van der Waals surface area contributed by atoms with Crippen LogP contribution in [-0.2, 0) is 11.8 Å². The SMILES string of the molecule is CC(=O)Nc1cc(-c2cc[n+](C)cc2)c[nH]c1=O.[I-]. The normalized spacial score (nSPS) is 9.58. The first-order valence-corrected chi connectivity index (χ1v) is 5.52. The monoisotopic (exact) mass is 371 g/mol. The molecule has 0 aliphatic rings. The Morgan fingerprint density at radius 2 is 1.89 bits per heavy atom. The molecule has 5 nitrogen and oxygen atoms in total. The summed E-state index contributed by atoms with van der Waals surface area (Å²) in [7, 11) is 1.93. The van der Waals surface area contributed by atoms with E-state index in [2.05, 4.69) is 10.3 Å². The second-order valence-electron chi connectivity index (χ2n) is 4.06. The summed E-state index contributed by atoms with van der Waals surface area (Å²) in [5.41, 5.74) is 1.76. The summed E-state index contributed by atoms with van der Waals surface area (Å²) in [6, 6.07) is 5.53. The number of halogens is 1. The number of aromatic amines is 1. The van der Waals surface area contributed by atoms with Gasteiger partial charge in [-0.15, -0.1) is 0 Å². The second kappa shape index (κ2) is 6.46. The van der Waals surface area contributed by atoms with E-state index in [0.29, 0.717) is 0 Å². The molecule has 100 valence electrons. The minimum absolute atomic E-state index is 0. The Hall–Kier alpha value is -1.70. The van der Waals surface area contributed by atoms with Crippen LogP contribution in [0.1, 0.15) is 6.92 Å². The lowest BCUT2D eigenvalue weighted by Gasteiger charge is -2.04. The highest BCUT2D eigenvalue weighted by atomic mass is 127. The highest BCUT2D eigenvalue weighted by Gasteiger charge is 2.06. The van der Waals surface area contributed by atoms with Gasteiger partial charge in [-0.1, -0.05) is 0 Å². The molecule has 0 saturated carbocycles. The molecule has 2 heterocycles. The first kappa shape index (κ1) is 15.4. The van der Waals surface area contributed by atoms with Crippen molar-refractivity contribution in [3.05, 3.63) is 47.1 Å². The number of carbonyl (C=O) groups is 1. The molecule has 2 rings (SSSR count). The number of aromatic nitrogens is 2. The van der Waals surface area contributed by atoms with Gasteiger partial charge in [-0.3, -0.25) is 9.59 Å². The van der Waals surface area contributed by atoms with Crippen molar-refractivity contribution in [3.8, 4) is 11.1 Å². The van der Waals surface area contributed by atoms with Gasteiger partial charge in [0.2, 0.25) is 5.91 Å². The minimum Gasteiger partial charge on any atom is -1.00 e. The number of aryl methyl sites for hydroxylation is 1. The Balaban J connectivity index is 0.00000180. The maximum Gasteiger partial charge on any atom is 0.271 e. The summed E-state index contributed by atoms with van der Waals surface area (Å²) in [6.45, 7) is 1.37. The van der Waals surface area contributed by atoms with Crippen molar-refractivity contribution in [2.24, 2.45) is 7.05 Å². The quantitative estimate of drug-likeness (QED) is 0.466. The van der Waals surface area contributed by atoms with E-state index in [1.807, 2.05) is 36.1 Å². The highest BCUT2D eigenvalue weighted by Crippen LogP contribution is 2.18. The number of anilines is 1. The van der Waals surface area contributed by atoms with E-state index in [1.165, 1.54) is 6.92 Å². The fourth-order valence-electron chi connectivity index (χ4n) is 1.63. The van der Waals surface area contributed by atoms with E-state index in [0.717, 1.165) is 11.1 Å². The predicted molar refractivity (Wildman–Crippen MR) is 68.0 cm³/mol. The summed E-state index contributed by atoms with van der Waals surface area (Å²) in [6.07, 6.45) is 5.46. The molecule has 0 unspecified atom stereocenters. The molecule has 6 heteroatoms. The number of rotatable bonds is 2. The smallest absolute Gasteiger partial charge is 0.271 e. The van der Waals surface area contributed by atoms with Crippen LogP contribution in [0.4, 0.5) is 5.69 Å². The molecule has 2 aromatic rings. The molecule has 0 bridgehead atoms.